The van der Waals surface area contributed by atoms with Crippen molar-refractivity contribution in [2.45, 2.75) is 38.8 Å². The summed E-state index contributed by atoms with van der Waals surface area (Å²) >= 11 is 0. The Morgan fingerprint density at radius 2 is 2.06 bits per heavy atom. The van der Waals surface area contributed by atoms with Crippen molar-refractivity contribution >= 4 is 9.84 Å². The highest BCUT2D eigenvalue weighted by molar-refractivity contribution is 7.91. The molecule has 0 aliphatic carbocycles. The molecule has 0 aromatic carbocycles. The first kappa shape index (κ1) is 13.9. The molecule has 0 aromatic rings. The van der Waals surface area contributed by atoms with E-state index in [1.54, 1.807) is 7.11 Å². The molecule has 1 N–H and O–H groups in total. The normalized spacial score (nSPS) is 30.8. The van der Waals surface area contributed by atoms with E-state index in [2.05, 4.69) is 19.2 Å². The molecule has 0 amide bonds. The third-order valence-electron chi connectivity index (χ3n) is 3.19. The molecule has 2 unspecified atom stereocenters. The van der Waals surface area contributed by atoms with Gasteiger partial charge < -0.3 is 10.1 Å². The standard InChI is InChI=1S/C11H23NO3S/c1-9(2)10(7-15-4)12-11(3)5-6-16(13,14)8-11/h9-10,12H,5-8H2,1-4H3. The molecule has 0 spiro atoms. The predicted molar refractivity (Wildman–Crippen MR) is 65.3 cm³/mol. The molecule has 4 nitrogen and oxygen atoms in total. The number of ether oxygens (including phenoxy) is 1. The van der Waals surface area contributed by atoms with Gasteiger partial charge in [0, 0.05) is 18.7 Å². The van der Waals surface area contributed by atoms with Gasteiger partial charge in [-0.15, -0.1) is 0 Å². The van der Waals surface area contributed by atoms with Crippen molar-refractivity contribution in [3.63, 3.8) is 0 Å². The monoisotopic (exact) mass is 249 g/mol. The molecule has 5 heteroatoms. The zero-order valence-corrected chi connectivity index (χ0v) is 11.4. The summed E-state index contributed by atoms with van der Waals surface area (Å²) in [5.41, 5.74) is -0.285. The van der Waals surface area contributed by atoms with Gasteiger partial charge >= 0.3 is 0 Å². The first-order valence-corrected chi connectivity index (χ1v) is 7.57. The van der Waals surface area contributed by atoms with Crippen LogP contribution < -0.4 is 5.32 Å². The molecule has 0 radical (unpaired) electrons. The summed E-state index contributed by atoms with van der Waals surface area (Å²) in [5, 5.41) is 3.44. The second-order valence-electron chi connectivity index (χ2n) is 5.35. The van der Waals surface area contributed by atoms with Crippen LogP contribution in [0.25, 0.3) is 0 Å². The topological polar surface area (TPSA) is 55.4 Å². The molecule has 1 aliphatic heterocycles. The lowest BCUT2D eigenvalue weighted by Crippen LogP contribution is -2.52. The van der Waals surface area contributed by atoms with Gasteiger partial charge in [0.1, 0.15) is 0 Å². The van der Waals surface area contributed by atoms with E-state index in [4.69, 9.17) is 4.74 Å². The quantitative estimate of drug-likeness (QED) is 0.784. The van der Waals surface area contributed by atoms with Crippen molar-refractivity contribution in [2.75, 3.05) is 25.2 Å². The smallest absolute Gasteiger partial charge is 0.152 e. The molecular weight excluding hydrogens is 226 g/mol. The van der Waals surface area contributed by atoms with Crippen molar-refractivity contribution in [3.8, 4) is 0 Å². The van der Waals surface area contributed by atoms with Gasteiger partial charge in [0.25, 0.3) is 0 Å². The average Bonchev–Trinajstić information content (AvgIpc) is 2.40. The second-order valence-corrected chi connectivity index (χ2v) is 7.54. The van der Waals surface area contributed by atoms with Crippen LogP contribution in [0.2, 0.25) is 0 Å². The first-order chi connectivity index (χ1) is 7.28. The number of sulfone groups is 1. The molecule has 16 heavy (non-hydrogen) atoms. The zero-order valence-electron chi connectivity index (χ0n) is 10.6. The Morgan fingerprint density at radius 3 is 2.44 bits per heavy atom. The molecule has 96 valence electrons. The van der Waals surface area contributed by atoms with Crippen LogP contribution in [0.1, 0.15) is 27.2 Å². The predicted octanol–water partition coefficient (Wildman–Crippen LogP) is 0.824. The minimum Gasteiger partial charge on any atom is -0.383 e. The fourth-order valence-corrected chi connectivity index (χ4v) is 4.26. The number of methoxy groups -OCH3 is 1. The van der Waals surface area contributed by atoms with Crippen LogP contribution in [0.4, 0.5) is 0 Å². The summed E-state index contributed by atoms with van der Waals surface area (Å²) in [6.45, 7) is 6.84. The third-order valence-corrected chi connectivity index (χ3v) is 5.09. The first-order valence-electron chi connectivity index (χ1n) is 5.75. The lowest BCUT2D eigenvalue weighted by atomic mass is 9.96. The molecule has 1 fully saturated rings. The van der Waals surface area contributed by atoms with Crippen molar-refractivity contribution in [1.29, 1.82) is 0 Å². The van der Waals surface area contributed by atoms with Crippen molar-refractivity contribution in [2.24, 2.45) is 5.92 Å². The van der Waals surface area contributed by atoms with E-state index < -0.39 is 9.84 Å². The van der Waals surface area contributed by atoms with E-state index in [-0.39, 0.29) is 17.3 Å². The summed E-state index contributed by atoms with van der Waals surface area (Å²) in [6, 6.07) is 0.211. The lowest BCUT2D eigenvalue weighted by Gasteiger charge is -2.32. The fraction of sp³-hybridized carbons (Fsp3) is 1.00. The lowest BCUT2D eigenvalue weighted by molar-refractivity contribution is 0.130. The van der Waals surface area contributed by atoms with Gasteiger partial charge in [-0.1, -0.05) is 13.8 Å². The highest BCUT2D eigenvalue weighted by Crippen LogP contribution is 2.24. The van der Waals surface area contributed by atoms with Crippen molar-refractivity contribution in [3.05, 3.63) is 0 Å². The van der Waals surface area contributed by atoms with Gasteiger partial charge in [0.15, 0.2) is 9.84 Å². The van der Waals surface area contributed by atoms with Crippen molar-refractivity contribution in [1.82, 2.24) is 5.32 Å². The van der Waals surface area contributed by atoms with Gasteiger partial charge in [-0.3, -0.25) is 0 Å². The summed E-state index contributed by atoms with van der Waals surface area (Å²) in [7, 11) is -1.17. The van der Waals surface area contributed by atoms with Crippen LogP contribution in [-0.2, 0) is 14.6 Å². The Kier molecular flexibility index (Phi) is 4.37. The van der Waals surface area contributed by atoms with E-state index in [0.29, 0.717) is 24.7 Å². The van der Waals surface area contributed by atoms with Crippen LogP contribution in [0.15, 0.2) is 0 Å². The molecule has 1 rings (SSSR count). The number of hydrogen-bond donors (Lipinski definition) is 1. The Hall–Kier alpha value is -0.130. The summed E-state index contributed by atoms with van der Waals surface area (Å²) in [6.07, 6.45) is 0.697. The molecule has 0 bridgehead atoms. The summed E-state index contributed by atoms with van der Waals surface area (Å²) in [4.78, 5) is 0. The molecule has 1 heterocycles. The zero-order chi connectivity index (χ0) is 12.4. The van der Waals surface area contributed by atoms with E-state index >= 15 is 0 Å². The fourth-order valence-electron chi connectivity index (χ4n) is 2.15. The second kappa shape index (κ2) is 5.02. The van der Waals surface area contributed by atoms with Crippen LogP contribution in [0.3, 0.4) is 0 Å². The molecule has 2 atom stereocenters. The van der Waals surface area contributed by atoms with Crippen LogP contribution in [-0.4, -0.2) is 45.2 Å². The molecule has 0 saturated carbocycles. The molecule has 1 saturated heterocycles. The Balaban J connectivity index is 2.64. The molecule has 1 aliphatic rings. The number of nitrogens with one attached hydrogen (secondary N) is 1. The largest absolute Gasteiger partial charge is 0.383 e. The van der Waals surface area contributed by atoms with Gasteiger partial charge in [-0.25, -0.2) is 8.42 Å². The Morgan fingerprint density at radius 1 is 1.44 bits per heavy atom. The van der Waals surface area contributed by atoms with E-state index in [9.17, 15) is 8.42 Å². The maximum Gasteiger partial charge on any atom is 0.152 e. The van der Waals surface area contributed by atoms with Crippen molar-refractivity contribution < 1.29 is 13.2 Å². The van der Waals surface area contributed by atoms with Gasteiger partial charge in [0.05, 0.1) is 18.1 Å². The Labute approximate surface area is 98.7 Å². The van der Waals surface area contributed by atoms with Crippen LogP contribution in [0.5, 0.6) is 0 Å². The molecular formula is C11H23NO3S. The van der Waals surface area contributed by atoms with Gasteiger partial charge in [-0.2, -0.15) is 0 Å². The maximum atomic E-state index is 11.5. The van der Waals surface area contributed by atoms with E-state index in [1.807, 2.05) is 6.92 Å². The summed E-state index contributed by atoms with van der Waals surface area (Å²) < 4.78 is 28.1. The van der Waals surface area contributed by atoms with Crippen LogP contribution in [0, 0.1) is 5.92 Å². The van der Waals surface area contributed by atoms with Gasteiger partial charge in [-0.05, 0) is 19.3 Å². The van der Waals surface area contributed by atoms with E-state index in [0.717, 1.165) is 0 Å². The minimum absolute atomic E-state index is 0.211. The average molecular weight is 249 g/mol. The number of rotatable bonds is 5. The third kappa shape index (κ3) is 3.71. The highest BCUT2D eigenvalue weighted by Gasteiger charge is 2.39. The SMILES string of the molecule is COCC(NC1(C)CCS(=O)(=O)C1)C(C)C. The minimum atomic E-state index is -2.84. The number of hydrogen-bond acceptors (Lipinski definition) is 4. The van der Waals surface area contributed by atoms with E-state index in [1.165, 1.54) is 0 Å². The van der Waals surface area contributed by atoms with Gasteiger partial charge in [0.2, 0.25) is 0 Å². The molecule has 0 aromatic heterocycles. The Bertz CT molecular complexity index is 326. The summed E-state index contributed by atoms with van der Waals surface area (Å²) in [5.74, 6) is 0.974. The maximum absolute atomic E-state index is 11.5. The van der Waals surface area contributed by atoms with Crippen LogP contribution >= 0.6 is 0 Å². The highest BCUT2D eigenvalue weighted by atomic mass is 32.2.